The molecule has 0 atom stereocenters. The first-order valence-electron chi connectivity index (χ1n) is 3.39. The van der Waals surface area contributed by atoms with Gasteiger partial charge in [0, 0.05) is 0 Å². The third-order valence-electron chi connectivity index (χ3n) is 1.39. The maximum absolute atomic E-state index is 5.35. The van der Waals surface area contributed by atoms with Gasteiger partial charge in [-0.2, -0.15) is 0 Å². The van der Waals surface area contributed by atoms with Gasteiger partial charge >= 0.3 is 0 Å². The fraction of sp³-hybridized carbons (Fsp3) is 0.143. The van der Waals surface area contributed by atoms with Crippen LogP contribution in [0.15, 0.2) is 24.9 Å². The molecular formula is C7H7N3O2. The minimum atomic E-state index is -0.474. The van der Waals surface area contributed by atoms with Gasteiger partial charge in [-0.15, -0.1) is 0 Å². The van der Waals surface area contributed by atoms with Gasteiger partial charge in [0.25, 0.3) is 6.29 Å². The van der Waals surface area contributed by atoms with E-state index in [9.17, 15) is 0 Å². The molecule has 62 valence electrons. The van der Waals surface area contributed by atoms with Crippen LogP contribution in [0.5, 0.6) is 0 Å². The van der Waals surface area contributed by atoms with Gasteiger partial charge in [0.1, 0.15) is 24.0 Å². The first-order valence-corrected chi connectivity index (χ1v) is 3.39. The Bertz CT molecular complexity index is 288. The molecule has 5 heteroatoms. The second-order valence-corrected chi connectivity index (χ2v) is 2.24. The summed E-state index contributed by atoms with van der Waals surface area (Å²) in [6.07, 6.45) is 5.43. The number of hydrogen-bond donors (Lipinski definition) is 1. The maximum atomic E-state index is 5.35. The molecule has 1 aliphatic rings. The minimum absolute atomic E-state index is 0.379. The van der Waals surface area contributed by atoms with Crippen molar-refractivity contribution >= 4 is 5.82 Å². The fourth-order valence-electron chi connectivity index (χ4n) is 0.848. The molecule has 0 fully saturated rings. The standard InChI is InChI=1S/C7H7N3O2/c8-6-4-9-5(3-10-6)7-11-1-2-12-7/h1-4,7H,(H2,8,10). The summed E-state index contributed by atoms with van der Waals surface area (Å²) < 4.78 is 10.1. The number of aromatic nitrogens is 2. The monoisotopic (exact) mass is 165 g/mol. The maximum Gasteiger partial charge on any atom is 0.284 e. The Hall–Kier alpha value is -1.78. The quantitative estimate of drug-likeness (QED) is 0.658. The van der Waals surface area contributed by atoms with Gasteiger partial charge < -0.3 is 15.2 Å². The van der Waals surface area contributed by atoms with Crippen molar-refractivity contribution in [2.24, 2.45) is 0 Å². The van der Waals surface area contributed by atoms with Crippen molar-refractivity contribution in [1.82, 2.24) is 9.97 Å². The summed E-state index contributed by atoms with van der Waals surface area (Å²) in [4.78, 5) is 7.83. The fourth-order valence-corrected chi connectivity index (χ4v) is 0.848. The normalized spacial score (nSPS) is 15.7. The van der Waals surface area contributed by atoms with Crippen LogP contribution < -0.4 is 5.73 Å². The summed E-state index contributed by atoms with van der Waals surface area (Å²) in [5.41, 5.74) is 5.96. The van der Waals surface area contributed by atoms with E-state index in [0.29, 0.717) is 11.5 Å². The Morgan fingerprint density at radius 1 is 1.17 bits per heavy atom. The van der Waals surface area contributed by atoms with Crippen LogP contribution in [-0.2, 0) is 9.47 Å². The van der Waals surface area contributed by atoms with Crippen molar-refractivity contribution in [2.45, 2.75) is 6.29 Å². The molecule has 0 bridgehead atoms. The highest BCUT2D eigenvalue weighted by molar-refractivity contribution is 5.23. The van der Waals surface area contributed by atoms with Crippen LogP contribution in [0.3, 0.4) is 0 Å². The van der Waals surface area contributed by atoms with Gasteiger partial charge in [0.15, 0.2) is 0 Å². The Labute approximate surface area is 68.8 Å². The van der Waals surface area contributed by atoms with Crippen LogP contribution in [0, 0.1) is 0 Å². The van der Waals surface area contributed by atoms with Crippen LogP contribution in [0.1, 0.15) is 12.0 Å². The number of hydrogen-bond acceptors (Lipinski definition) is 5. The number of ether oxygens (including phenoxy) is 2. The van der Waals surface area contributed by atoms with Crippen LogP contribution in [0.2, 0.25) is 0 Å². The Kier molecular flexibility index (Phi) is 1.55. The summed E-state index contributed by atoms with van der Waals surface area (Å²) in [5, 5.41) is 0. The van der Waals surface area contributed by atoms with Gasteiger partial charge in [0.2, 0.25) is 0 Å². The summed E-state index contributed by atoms with van der Waals surface area (Å²) in [7, 11) is 0. The van der Waals surface area contributed by atoms with E-state index in [1.54, 1.807) is 0 Å². The lowest BCUT2D eigenvalue weighted by molar-refractivity contribution is -0.0281. The Morgan fingerprint density at radius 2 is 1.92 bits per heavy atom. The van der Waals surface area contributed by atoms with Crippen LogP contribution in [0.25, 0.3) is 0 Å². The van der Waals surface area contributed by atoms with E-state index < -0.39 is 6.29 Å². The average Bonchev–Trinajstić information content (AvgIpc) is 2.58. The molecule has 0 unspecified atom stereocenters. The van der Waals surface area contributed by atoms with Gasteiger partial charge in [-0.25, -0.2) is 9.97 Å². The van der Waals surface area contributed by atoms with Crippen LogP contribution in [0.4, 0.5) is 5.82 Å². The lowest BCUT2D eigenvalue weighted by Crippen LogP contribution is -2.02. The van der Waals surface area contributed by atoms with E-state index in [2.05, 4.69) is 9.97 Å². The molecule has 1 aromatic rings. The predicted molar refractivity (Wildman–Crippen MR) is 40.5 cm³/mol. The molecule has 0 amide bonds. The molecule has 1 aliphatic heterocycles. The molecule has 0 saturated carbocycles. The second kappa shape index (κ2) is 2.69. The first kappa shape index (κ1) is 6.90. The SMILES string of the molecule is Nc1cnc(C2OC=CO2)cn1. The number of rotatable bonds is 1. The lowest BCUT2D eigenvalue weighted by atomic mass is 10.4. The van der Waals surface area contributed by atoms with Crippen molar-refractivity contribution < 1.29 is 9.47 Å². The van der Waals surface area contributed by atoms with Crippen molar-refractivity contribution in [3.8, 4) is 0 Å². The van der Waals surface area contributed by atoms with E-state index in [0.717, 1.165) is 0 Å². The smallest absolute Gasteiger partial charge is 0.284 e. The molecule has 0 aromatic carbocycles. The summed E-state index contributed by atoms with van der Waals surface area (Å²) in [6.45, 7) is 0. The zero-order valence-corrected chi connectivity index (χ0v) is 6.18. The molecule has 12 heavy (non-hydrogen) atoms. The summed E-state index contributed by atoms with van der Waals surface area (Å²) in [5.74, 6) is 0.379. The molecule has 0 radical (unpaired) electrons. The van der Waals surface area contributed by atoms with Gasteiger partial charge in [0.05, 0.1) is 12.4 Å². The minimum Gasteiger partial charge on any atom is -0.454 e. The number of nitrogens with two attached hydrogens (primary N) is 1. The van der Waals surface area contributed by atoms with E-state index in [1.165, 1.54) is 24.9 Å². The molecule has 2 rings (SSSR count). The number of anilines is 1. The molecular weight excluding hydrogens is 158 g/mol. The zero-order chi connectivity index (χ0) is 8.39. The molecule has 1 aromatic heterocycles. The van der Waals surface area contributed by atoms with Crippen LogP contribution in [-0.4, -0.2) is 9.97 Å². The highest BCUT2D eigenvalue weighted by Gasteiger charge is 2.16. The number of nitrogens with zero attached hydrogens (tertiary/aromatic N) is 2. The van der Waals surface area contributed by atoms with E-state index in [-0.39, 0.29) is 0 Å². The summed E-state index contributed by atoms with van der Waals surface area (Å²) in [6, 6.07) is 0. The third-order valence-corrected chi connectivity index (χ3v) is 1.39. The Balaban J connectivity index is 2.18. The molecule has 0 aliphatic carbocycles. The first-order chi connectivity index (χ1) is 5.86. The van der Waals surface area contributed by atoms with Crippen molar-refractivity contribution in [1.29, 1.82) is 0 Å². The Morgan fingerprint density at radius 3 is 2.50 bits per heavy atom. The van der Waals surface area contributed by atoms with Gasteiger partial charge in [-0.1, -0.05) is 0 Å². The highest BCUT2D eigenvalue weighted by atomic mass is 16.7. The van der Waals surface area contributed by atoms with Gasteiger partial charge in [-0.05, 0) is 0 Å². The third kappa shape index (κ3) is 1.16. The lowest BCUT2D eigenvalue weighted by Gasteiger charge is -2.07. The van der Waals surface area contributed by atoms with Gasteiger partial charge in [-0.3, -0.25) is 0 Å². The van der Waals surface area contributed by atoms with Crippen molar-refractivity contribution in [3.63, 3.8) is 0 Å². The van der Waals surface area contributed by atoms with E-state index >= 15 is 0 Å². The zero-order valence-electron chi connectivity index (χ0n) is 6.18. The molecule has 5 nitrogen and oxygen atoms in total. The van der Waals surface area contributed by atoms with Crippen LogP contribution >= 0.6 is 0 Å². The number of nitrogen functional groups attached to an aromatic ring is 1. The summed E-state index contributed by atoms with van der Waals surface area (Å²) >= 11 is 0. The van der Waals surface area contributed by atoms with Crippen molar-refractivity contribution in [3.05, 3.63) is 30.6 Å². The molecule has 0 spiro atoms. The molecule has 2 N–H and O–H groups in total. The average molecular weight is 165 g/mol. The second-order valence-electron chi connectivity index (χ2n) is 2.24. The predicted octanol–water partition coefficient (Wildman–Crippen LogP) is 0.575. The largest absolute Gasteiger partial charge is 0.454 e. The van der Waals surface area contributed by atoms with E-state index in [4.69, 9.17) is 15.2 Å². The highest BCUT2D eigenvalue weighted by Crippen LogP contribution is 2.21. The van der Waals surface area contributed by atoms with E-state index in [1.807, 2.05) is 0 Å². The van der Waals surface area contributed by atoms with Crippen molar-refractivity contribution in [2.75, 3.05) is 5.73 Å². The topological polar surface area (TPSA) is 70.3 Å². The molecule has 2 heterocycles. The molecule has 0 saturated heterocycles.